The van der Waals surface area contributed by atoms with Crippen LogP contribution in [0.25, 0.3) is 0 Å². The molecule has 0 amide bonds. The SMILES string of the molecule is COP(C)(=O)OC(C)Nc1cc(Oc2ccc(Cl)cc2C)ccc1[N+](=O)[O-]. The van der Waals surface area contributed by atoms with E-state index in [-0.39, 0.29) is 11.4 Å². The fraction of sp³-hybridized carbons (Fsp3) is 0.294. The number of nitro groups is 1. The molecule has 1 N–H and O–H groups in total. The largest absolute Gasteiger partial charge is 0.457 e. The van der Waals surface area contributed by atoms with Gasteiger partial charge in [-0.1, -0.05) is 11.6 Å². The summed E-state index contributed by atoms with van der Waals surface area (Å²) in [5.41, 5.74) is 0.806. The molecule has 2 atom stereocenters. The second kappa shape index (κ2) is 8.71. The lowest BCUT2D eigenvalue weighted by atomic mass is 10.2. The second-order valence-corrected chi connectivity index (χ2v) is 8.35. The zero-order valence-electron chi connectivity index (χ0n) is 15.3. The fourth-order valence-corrected chi connectivity index (χ4v) is 3.22. The molecule has 0 fully saturated rings. The summed E-state index contributed by atoms with van der Waals surface area (Å²) in [6.07, 6.45) is -0.799. The summed E-state index contributed by atoms with van der Waals surface area (Å²) in [4.78, 5) is 10.8. The number of benzene rings is 2. The van der Waals surface area contributed by atoms with Gasteiger partial charge in [-0.25, -0.2) is 0 Å². The topological polar surface area (TPSA) is 99.9 Å². The zero-order chi connectivity index (χ0) is 20.2. The highest BCUT2D eigenvalue weighted by molar-refractivity contribution is 7.52. The van der Waals surface area contributed by atoms with Gasteiger partial charge in [-0.15, -0.1) is 0 Å². The molecule has 2 aromatic rings. The molecule has 0 saturated heterocycles. The minimum absolute atomic E-state index is 0.160. The highest BCUT2D eigenvalue weighted by Gasteiger charge is 2.22. The maximum atomic E-state index is 11.9. The molecular weight excluding hydrogens is 395 g/mol. The molecule has 0 saturated carbocycles. The third-order valence-corrected chi connectivity index (χ3v) is 5.17. The van der Waals surface area contributed by atoms with Crippen LogP contribution in [0.1, 0.15) is 12.5 Å². The van der Waals surface area contributed by atoms with E-state index in [4.69, 9.17) is 25.4 Å². The average Bonchev–Trinajstić information content (AvgIpc) is 2.57. The number of nitrogens with one attached hydrogen (secondary N) is 1. The fourth-order valence-electron chi connectivity index (χ4n) is 2.28. The average molecular weight is 415 g/mol. The number of nitrogens with zero attached hydrogens (tertiary/aromatic N) is 1. The first-order valence-electron chi connectivity index (χ1n) is 7.92. The van der Waals surface area contributed by atoms with Crippen molar-refractivity contribution in [2.24, 2.45) is 0 Å². The van der Waals surface area contributed by atoms with Crippen molar-refractivity contribution in [3.05, 3.63) is 57.1 Å². The van der Waals surface area contributed by atoms with Gasteiger partial charge in [-0.3, -0.25) is 19.2 Å². The van der Waals surface area contributed by atoms with Gasteiger partial charge in [0.2, 0.25) is 0 Å². The molecule has 2 rings (SSSR count). The molecule has 146 valence electrons. The van der Waals surface area contributed by atoms with Gasteiger partial charge in [0.15, 0.2) is 0 Å². The molecule has 0 bridgehead atoms. The molecule has 2 unspecified atom stereocenters. The summed E-state index contributed by atoms with van der Waals surface area (Å²) < 4.78 is 27.8. The van der Waals surface area contributed by atoms with Crippen LogP contribution in [0.5, 0.6) is 11.5 Å². The van der Waals surface area contributed by atoms with Crippen LogP contribution in [0.4, 0.5) is 11.4 Å². The van der Waals surface area contributed by atoms with Gasteiger partial charge < -0.3 is 14.6 Å². The van der Waals surface area contributed by atoms with E-state index in [1.54, 1.807) is 25.1 Å². The van der Waals surface area contributed by atoms with Gasteiger partial charge in [0, 0.05) is 30.9 Å². The van der Waals surface area contributed by atoms with Gasteiger partial charge in [-0.2, -0.15) is 0 Å². The molecule has 2 aromatic carbocycles. The number of hydrogen-bond acceptors (Lipinski definition) is 7. The first-order valence-corrected chi connectivity index (χ1v) is 10.3. The van der Waals surface area contributed by atoms with Gasteiger partial charge in [-0.05, 0) is 43.7 Å². The lowest BCUT2D eigenvalue weighted by molar-refractivity contribution is -0.384. The highest BCUT2D eigenvalue weighted by atomic mass is 35.5. The van der Waals surface area contributed by atoms with Crippen LogP contribution in [0.3, 0.4) is 0 Å². The maximum Gasteiger partial charge on any atom is 0.329 e. The Hall–Kier alpha value is -2.12. The van der Waals surface area contributed by atoms with Gasteiger partial charge >= 0.3 is 7.60 Å². The molecule has 0 aromatic heterocycles. The Morgan fingerprint density at radius 3 is 2.56 bits per heavy atom. The molecule has 10 heteroatoms. The minimum atomic E-state index is -3.26. The summed E-state index contributed by atoms with van der Waals surface area (Å²) >= 11 is 5.94. The maximum absolute atomic E-state index is 11.9. The number of aryl methyl sites for hydroxylation is 1. The molecule has 0 aliphatic rings. The molecular formula is C17H20ClN2O6P. The lowest BCUT2D eigenvalue weighted by Crippen LogP contribution is -2.18. The number of rotatable bonds is 8. The van der Waals surface area contributed by atoms with Crippen LogP contribution >= 0.6 is 19.2 Å². The second-order valence-electron chi connectivity index (χ2n) is 5.79. The van der Waals surface area contributed by atoms with Crippen molar-refractivity contribution in [1.29, 1.82) is 0 Å². The van der Waals surface area contributed by atoms with Crippen molar-refractivity contribution in [3.8, 4) is 11.5 Å². The predicted molar refractivity (Wildman–Crippen MR) is 104 cm³/mol. The van der Waals surface area contributed by atoms with E-state index in [1.807, 2.05) is 6.92 Å². The third kappa shape index (κ3) is 5.94. The monoisotopic (exact) mass is 414 g/mol. The van der Waals surface area contributed by atoms with E-state index >= 15 is 0 Å². The van der Waals surface area contributed by atoms with Crippen LogP contribution < -0.4 is 10.1 Å². The zero-order valence-corrected chi connectivity index (χ0v) is 16.9. The summed E-state index contributed by atoms with van der Waals surface area (Å²) in [5.74, 6) is 0.952. The highest BCUT2D eigenvalue weighted by Crippen LogP contribution is 2.44. The number of halogens is 1. The lowest BCUT2D eigenvalue weighted by Gasteiger charge is -2.20. The normalized spacial score (nSPS) is 14.3. The number of hydrogen-bond donors (Lipinski definition) is 1. The Morgan fingerprint density at radius 1 is 1.26 bits per heavy atom. The van der Waals surface area contributed by atoms with Gasteiger partial charge in [0.05, 0.1) is 4.92 Å². The standard InChI is InChI=1S/C17H20ClN2O6P/c1-11-9-13(18)5-8-17(11)25-14-6-7-16(20(21)22)15(10-14)19-12(2)26-27(4,23)24-3/h5-10,12,19H,1-4H3. The number of ether oxygens (including phenoxy) is 1. The Morgan fingerprint density at radius 2 is 1.96 bits per heavy atom. The molecule has 0 heterocycles. The van der Waals surface area contributed by atoms with Crippen molar-refractivity contribution in [2.75, 3.05) is 19.1 Å². The van der Waals surface area contributed by atoms with Crippen LogP contribution in [0.2, 0.25) is 5.02 Å². The van der Waals surface area contributed by atoms with Crippen molar-refractivity contribution in [1.82, 2.24) is 0 Å². The first-order chi connectivity index (χ1) is 12.6. The quantitative estimate of drug-likeness (QED) is 0.260. The van der Waals surface area contributed by atoms with Crippen LogP contribution in [0.15, 0.2) is 36.4 Å². The first kappa shape index (κ1) is 21.2. The Labute approximate surface area is 162 Å². The summed E-state index contributed by atoms with van der Waals surface area (Å²) in [6.45, 7) is 4.71. The molecule has 27 heavy (non-hydrogen) atoms. The Kier molecular flexibility index (Phi) is 6.84. The summed E-state index contributed by atoms with van der Waals surface area (Å²) in [6, 6.07) is 9.43. The molecule has 0 radical (unpaired) electrons. The van der Waals surface area contributed by atoms with Crippen molar-refractivity contribution >= 4 is 30.6 Å². The Balaban J connectivity index is 2.28. The number of nitro benzene ring substituents is 1. The summed E-state index contributed by atoms with van der Waals surface area (Å²) in [5, 5.41) is 14.7. The minimum Gasteiger partial charge on any atom is -0.457 e. The molecule has 0 aliphatic carbocycles. The van der Waals surface area contributed by atoms with E-state index in [1.165, 1.54) is 32.0 Å². The van der Waals surface area contributed by atoms with Gasteiger partial charge in [0.25, 0.3) is 5.69 Å². The molecule has 0 spiro atoms. The Bertz CT molecular complexity index is 892. The van der Waals surface area contributed by atoms with E-state index in [0.29, 0.717) is 16.5 Å². The van der Waals surface area contributed by atoms with E-state index < -0.39 is 18.7 Å². The van der Waals surface area contributed by atoms with E-state index in [0.717, 1.165) is 5.56 Å². The van der Waals surface area contributed by atoms with Gasteiger partial charge in [0.1, 0.15) is 23.4 Å². The summed E-state index contributed by atoms with van der Waals surface area (Å²) in [7, 11) is -2.00. The smallest absolute Gasteiger partial charge is 0.329 e. The molecule has 0 aliphatic heterocycles. The van der Waals surface area contributed by atoms with Crippen molar-refractivity contribution in [3.63, 3.8) is 0 Å². The third-order valence-electron chi connectivity index (χ3n) is 3.57. The van der Waals surface area contributed by atoms with Crippen LogP contribution in [-0.2, 0) is 13.6 Å². The van der Waals surface area contributed by atoms with Crippen LogP contribution in [-0.4, -0.2) is 24.9 Å². The molecule has 8 nitrogen and oxygen atoms in total. The van der Waals surface area contributed by atoms with Crippen molar-refractivity contribution < 1.29 is 23.3 Å². The number of anilines is 1. The van der Waals surface area contributed by atoms with Crippen LogP contribution in [0, 0.1) is 17.0 Å². The predicted octanol–water partition coefficient (Wildman–Crippen LogP) is 5.59. The van der Waals surface area contributed by atoms with E-state index in [9.17, 15) is 14.7 Å². The van der Waals surface area contributed by atoms with Crippen molar-refractivity contribution in [2.45, 2.75) is 20.1 Å². The van der Waals surface area contributed by atoms with E-state index in [2.05, 4.69) is 5.32 Å².